The number of ketones is 1. The number of Topliss-reactive ketones (excluding diaryl/α,β-unsaturated/α-hetero) is 1. The van der Waals surface area contributed by atoms with Crippen LogP contribution in [0.4, 0.5) is 0 Å². The van der Waals surface area contributed by atoms with Crippen LogP contribution in [0.5, 0.6) is 0 Å². The summed E-state index contributed by atoms with van der Waals surface area (Å²) in [6.07, 6.45) is 0.385. The molecule has 0 saturated carbocycles. The largest absolute Gasteiger partial charge is 0.394 e. The fourth-order valence-corrected chi connectivity index (χ4v) is 2.40. The van der Waals surface area contributed by atoms with Crippen molar-refractivity contribution in [1.29, 1.82) is 0 Å². The molecule has 1 heterocycles. The first-order valence-electron chi connectivity index (χ1n) is 6.42. The Hall–Kier alpha value is -0.750. The van der Waals surface area contributed by atoms with Gasteiger partial charge in [-0.2, -0.15) is 0 Å². The maximum absolute atomic E-state index is 12.0. The summed E-state index contributed by atoms with van der Waals surface area (Å²) in [7, 11) is 0. The molecule has 1 unspecified atom stereocenters. The van der Waals surface area contributed by atoms with Crippen LogP contribution in [0, 0.1) is 0 Å². The molecule has 0 spiro atoms. The van der Waals surface area contributed by atoms with Crippen molar-refractivity contribution in [3.8, 4) is 0 Å². The minimum absolute atomic E-state index is 0.0388. The van der Waals surface area contributed by atoms with Crippen LogP contribution >= 0.6 is 15.9 Å². The van der Waals surface area contributed by atoms with E-state index in [-0.39, 0.29) is 18.5 Å². The number of carbonyl (C=O) groups is 1. The van der Waals surface area contributed by atoms with Crippen molar-refractivity contribution in [1.82, 2.24) is 4.90 Å². The number of hydrogen-bond donors (Lipinski definition) is 1. The molecule has 1 aromatic carbocycles. The molecule has 1 N–H and O–H groups in total. The molecular weight excluding hydrogens is 310 g/mol. The van der Waals surface area contributed by atoms with Crippen LogP contribution in [0.15, 0.2) is 28.7 Å². The third-order valence-corrected chi connectivity index (χ3v) is 3.78. The van der Waals surface area contributed by atoms with Crippen molar-refractivity contribution in [3.05, 3.63) is 34.3 Å². The second-order valence-corrected chi connectivity index (χ2v) is 5.57. The van der Waals surface area contributed by atoms with Gasteiger partial charge in [0.1, 0.15) is 0 Å². The van der Waals surface area contributed by atoms with Crippen molar-refractivity contribution in [2.75, 3.05) is 32.8 Å². The predicted octanol–water partition coefficient (Wildman–Crippen LogP) is 1.71. The zero-order valence-electron chi connectivity index (χ0n) is 10.7. The average Bonchev–Trinajstić information content (AvgIpc) is 2.46. The number of ether oxygens (including phenoxy) is 1. The Morgan fingerprint density at radius 2 is 2.16 bits per heavy atom. The highest BCUT2D eigenvalue weighted by Crippen LogP contribution is 2.13. The standard InChI is InChI=1S/C14H18BrNO3/c15-12-3-1-11(2-4-12)14(18)5-6-16-7-8-19-13(9-16)10-17/h1-4,13,17H,5-10H2. The number of nitrogens with zero attached hydrogens (tertiary/aromatic N) is 1. The molecule has 2 rings (SSSR count). The second kappa shape index (κ2) is 7.14. The number of aliphatic hydroxyl groups excluding tert-OH is 1. The molecule has 4 nitrogen and oxygen atoms in total. The molecule has 1 aromatic rings. The molecule has 0 aromatic heterocycles. The lowest BCUT2D eigenvalue weighted by atomic mass is 10.1. The Morgan fingerprint density at radius 3 is 2.84 bits per heavy atom. The Kier molecular flexibility index (Phi) is 5.51. The third kappa shape index (κ3) is 4.38. The minimum Gasteiger partial charge on any atom is -0.394 e. The number of rotatable bonds is 5. The summed E-state index contributed by atoms with van der Waals surface area (Å²) in [4.78, 5) is 14.2. The van der Waals surface area contributed by atoms with E-state index < -0.39 is 0 Å². The van der Waals surface area contributed by atoms with Crippen molar-refractivity contribution in [2.24, 2.45) is 0 Å². The Bertz CT molecular complexity index is 421. The van der Waals surface area contributed by atoms with E-state index in [0.29, 0.717) is 19.6 Å². The van der Waals surface area contributed by atoms with Gasteiger partial charge in [0.25, 0.3) is 0 Å². The van der Waals surface area contributed by atoms with Gasteiger partial charge in [0.2, 0.25) is 0 Å². The first kappa shape index (κ1) is 14.7. The summed E-state index contributed by atoms with van der Waals surface area (Å²) in [5.41, 5.74) is 0.746. The van der Waals surface area contributed by atoms with Gasteiger partial charge in [0, 0.05) is 36.1 Å². The van der Waals surface area contributed by atoms with Gasteiger partial charge in [-0.15, -0.1) is 0 Å². The smallest absolute Gasteiger partial charge is 0.164 e. The summed E-state index contributed by atoms with van der Waals surface area (Å²) in [5, 5.41) is 9.07. The van der Waals surface area contributed by atoms with Crippen molar-refractivity contribution >= 4 is 21.7 Å². The average molecular weight is 328 g/mol. The van der Waals surface area contributed by atoms with E-state index in [0.717, 1.165) is 23.1 Å². The maximum Gasteiger partial charge on any atom is 0.164 e. The fourth-order valence-electron chi connectivity index (χ4n) is 2.13. The van der Waals surface area contributed by atoms with Gasteiger partial charge in [0.15, 0.2) is 5.78 Å². The number of aliphatic hydroxyl groups is 1. The topological polar surface area (TPSA) is 49.8 Å². The van der Waals surface area contributed by atoms with Crippen molar-refractivity contribution in [2.45, 2.75) is 12.5 Å². The molecular formula is C14H18BrNO3. The van der Waals surface area contributed by atoms with Gasteiger partial charge in [-0.1, -0.05) is 28.1 Å². The molecule has 5 heteroatoms. The molecule has 19 heavy (non-hydrogen) atoms. The number of hydrogen-bond acceptors (Lipinski definition) is 4. The van der Waals surface area contributed by atoms with Gasteiger partial charge in [-0.25, -0.2) is 0 Å². The first-order valence-corrected chi connectivity index (χ1v) is 7.22. The maximum atomic E-state index is 12.0. The summed E-state index contributed by atoms with van der Waals surface area (Å²) in [6.45, 7) is 2.90. The SMILES string of the molecule is O=C(CCN1CCOC(CO)C1)c1ccc(Br)cc1. The normalized spacial score (nSPS) is 20.4. The monoisotopic (exact) mass is 327 g/mol. The number of halogens is 1. The van der Waals surface area contributed by atoms with Crippen molar-refractivity contribution < 1.29 is 14.6 Å². The predicted molar refractivity (Wildman–Crippen MR) is 76.4 cm³/mol. The highest BCUT2D eigenvalue weighted by Gasteiger charge is 2.20. The summed E-state index contributed by atoms with van der Waals surface area (Å²) in [6, 6.07) is 7.43. The molecule has 1 atom stereocenters. The lowest BCUT2D eigenvalue weighted by Crippen LogP contribution is -2.44. The van der Waals surface area contributed by atoms with Crippen molar-refractivity contribution in [3.63, 3.8) is 0 Å². The third-order valence-electron chi connectivity index (χ3n) is 3.25. The number of benzene rings is 1. The van der Waals surface area contributed by atoms with E-state index in [4.69, 9.17) is 9.84 Å². The van der Waals surface area contributed by atoms with E-state index in [1.54, 1.807) is 0 Å². The molecule has 1 aliphatic heterocycles. The Morgan fingerprint density at radius 1 is 1.42 bits per heavy atom. The van der Waals surface area contributed by atoms with Crippen LogP contribution in [0.3, 0.4) is 0 Å². The van der Waals surface area contributed by atoms with E-state index >= 15 is 0 Å². The second-order valence-electron chi connectivity index (χ2n) is 4.66. The highest BCUT2D eigenvalue weighted by atomic mass is 79.9. The lowest BCUT2D eigenvalue weighted by Gasteiger charge is -2.31. The first-order chi connectivity index (χ1) is 9.19. The van der Waals surface area contributed by atoms with Crippen LogP contribution < -0.4 is 0 Å². The zero-order valence-corrected chi connectivity index (χ0v) is 12.3. The van der Waals surface area contributed by atoms with Crippen LogP contribution in [0.2, 0.25) is 0 Å². The molecule has 1 fully saturated rings. The Balaban J connectivity index is 1.81. The fraction of sp³-hybridized carbons (Fsp3) is 0.500. The quantitative estimate of drug-likeness (QED) is 0.836. The lowest BCUT2D eigenvalue weighted by molar-refractivity contribution is -0.0523. The van der Waals surface area contributed by atoms with E-state index in [1.165, 1.54) is 0 Å². The summed E-state index contributed by atoms with van der Waals surface area (Å²) >= 11 is 3.35. The molecule has 0 bridgehead atoms. The van der Waals surface area contributed by atoms with Crippen LogP contribution in [0.25, 0.3) is 0 Å². The Labute approximate surface area is 121 Å². The highest BCUT2D eigenvalue weighted by molar-refractivity contribution is 9.10. The van der Waals surface area contributed by atoms with Gasteiger partial charge in [-0.05, 0) is 12.1 Å². The molecule has 1 saturated heterocycles. The molecule has 0 amide bonds. The zero-order chi connectivity index (χ0) is 13.7. The molecule has 1 aliphatic rings. The number of carbonyl (C=O) groups excluding carboxylic acids is 1. The minimum atomic E-state index is -0.114. The van der Waals surface area contributed by atoms with E-state index in [9.17, 15) is 4.79 Å². The number of morpholine rings is 1. The van der Waals surface area contributed by atoms with E-state index in [2.05, 4.69) is 20.8 Å². The van der Waals surface area contributed by atoms with Gasteiger partial charge in [0.05, 0.1) is 19.3 Å². The van der Waals surface area contributed by atoms with Gasteiger partial charge < -0.3 is 9.84 Å². The molecule has 0 aliphatic carbocycles. The van der Waals surface area contributed by atoms with Crippen LogP contribution in [0.1, 0.15) is 16.8 Å². The summed E-state index contributed by atoms with van der Waals surface area (Å²) < 4.78 is 6.36. The van der Waals surface area contributed by atoms with Crippen LogP contribution in [-0.4, -0.2) is 54.7 Å². The van der Waals surface area contributed by atoms with Gasteiger partial charge in [-0.3, -0.25) is 9.69 Å². The summed E-state index contributed by atoms with van der Waals surface area (Å²) in [5.74, 6) is 0.152. The van der Waals surface area contributed by atoms with Gasteiger partial charge >= 0.3 is 0 Å². The van der Waals surface area contributed by atoms with E-state index in [1.807, 2.05) is 24.3 Å². The molecule has 0 radical (unpaired) electrons. The molecule has 104 valence electrons. The van der Waals surface area contributed by atoms with Crippen LogP contribution in [-0.2, 0) is 4.74 Å².